The van der Waals surface area contributed by atoms with E-state index in [1.54, 1.807) is 17.0 Å². The Morgan fingerprint density at radius 1 is 1.26 bits per heavy atom. The quantitative estimate of drug-likeness (QED) is 0.203. The minimum atomic E-state index is 0.226. The zero-order chi connectivity index (χ0) is 22.2. The minimum Gasteiger partial charge on any atom is -0.508 e. The zero-order valence-corrected chi connectivity index (χ0v) is 19.5. The first-order valence-corrected chi connectivity index (χ1v) is 11.3. The summed E-state index contributed by atoms with van der Waals surface area (Å²) in [5.74, 6) is 3.96. The van der Waals surface area contributed by atoms with Gasteiger partial charge in [0.1, 0.15) is 24.7 Å². The first kappa shape index (κ1) is 22.9. The number of terminal acetylenes is 1. The summed E-state index contributed by atoms with van der Waals surface area (Å²) in [4.78, 5) is 0. The lowest BCUT2D eigenvalue weighted by molar-refractivity contribution is 0.124. The highest BCUT2D eigenvalue weighted by molar-refractivity contribution is 9.10. The van der Waals surface area contributed by atoms with Crippen LogP contribution in [0.5, 0.6) is 11.5 Å². The SMILES string of the molecule is C#CCOCCOc1ccc(-c2nnc(SC)n2/N=C/c2cc(C)c(O)cc2Br)cc1. The summed E-state index contributed by atoms with van der Waals surface area (Å²) in [6.45, 7) is 2.95. The monoisotopic (exact) mass is 500 g/mol. The Bertz CT molecular complexity index is 1110. The molecule has 0 unspecified atom stereocenters. The van der Waals surface area contributed by atoms with Crippen molar-refractivity contribution in [2.45, 2.75) is 12.1 Å². The van der Waals surface area contributed by atoms with Crippen molar-refractivity contribution in [1.82, 2.24) is 14.9 Å². The van der Waals surface area contributed by atoms with E-state index in [-0.39, 0.29) is 12.4 Å². The maximum atomic E-state index is 9.84. The smallest absolute Gasteiger partial charge is 0.212 e. The van der Waals surface area contributed by atoms with Gasteiger partial charge in [-0.15, -0.1) is 16.6 Å². The third-order valence-electron chi connectivity index (χ3n) is 4.22. The van der Waals surface area contributed by atoms with Crippen molar-refractivity contribution in [2.24, 2.45) is 5.10 Å². The second-order valence-electron chi connectivity index (χ2n) is 6.36. The number of hydrogen-bond acceptors (Lipinski definition) is 7. The van der Waals surface area contributed by atoms with Crippen LogP contribution in [0.15, 0.2) is 51.1 Å². The molecule has 0 fully saturated rings. The molecule has 0 aliphatic heterocycles. The van der Waals surface area contributed by atoms with Crippen LogP contribution >= 0.6 is 27.7 Å². The third kappa shape index (κ3) is 5.88. The van der Waals surface area contributed by atoms with E-state index in [1.165, 1.54) is 11.8 Å². The second-order valence-corrected chi connectivity index (χ2v) is 7.98. The Morgan fingerprint density at radius 3 is 2.74 bits per heavy atom. The molecule has 0 aliphatic rings. The molecule has 0 atom stereocenters. The number of phenols is 1. The number of aromatic nitrogens is 3. The van der Waals surface area contributed by atoms with E-state index < -0.39 is 0 Å². The lowest BCUT2D eigenvalue weighted by atomic mass is 10.1. The standard InChI is InChI=1S/C22H21BrN4O3S/c1-4-9-29-10-11-30-18-7-5-16(6-8-18)21-25-26-22(31-3)27(21)24-14-17-12-15(2)20(28)13-19(17)23/h1,5-8,12-14,28H,9-11H2,2-3H3/b24-14+. The molecular weight excluding hydrogens is 480 g/mol. The summed E-state index contributed by atoms with van der Waals surface area (Å²) in [5, 5.41) is 23.6. The molecule has 0 spiro atoms. The van der Waals surface area contributed by atoms with Gasteiger partial charge in [0.05, 0.1) is 12.8 Å². The van der Waals surface area contributed by atoms with Crippen LogP contribution < -0.4 is 4.74 Å². The fraction of sp³-hybridized carbons (Fsp3) is 0.227. The molecule has 1 N–H and O–H groups in total. The Kier molecular flexibility index (Phi) is 8.12. The third-order valence-corrected chi connectivity index (χ3v) is 5.52. The molecule has 0 aliphatic carbocycles. The van der Waals surface area contributed by atoms with Gasteiger partial charge in [-0.25, -0.2) is 0 Å². The van der Waals surface area contributed by atoms with Crippen LogP contribution in [-0.4, -0.2) is 52.3 Å². The van der Waals surface area contributed by atoms with Gasteiger partial charge in [-0.1, -0.05) is 17.7 Å². The van der Waals surface area contributed by atoms with E-state index in [4.69, 9.17) is 15.9 Å². The fourth-order valence-electron chi connectivity index (χ4n) is 2.64. The summed E-state index contributed by atoms with van der Waals surface area (Å²) in [6, 6.07) is 11.0. The molecule has 3 aromatic rings. The topological polar surface area (TPSA) is 81.8 Å². The minimum absolute atomic E-state index is 0.226. The van der Waals surface area contributed by atoms with E-state index in [9.17, 15) is 5.11 Å². The molecule has 2 aromatic carbocycles. The number of ether oxygens (including phenoxy) is 2. The van der Waals surface area contributed by atoms with Crippen molar-refractivity contribution in [3.8, 4) is 35.2 Å². The molecule has 0 radical (unpaired) electrons. The molecule has 0 bridgehead atoms. The molecule has 0 saturated heterocycles. The predicted octanol–water partition coefficient (Wildman–Crippen LogP) is 4.35. The van der Waals surface area contributed by atoms with E-state index in [1.807, 2.05) is 43.5 Å². The predicted molar refractivity (Wildman–Crippen MR) is 126 cm³/mol. The number of benzene rings is 2. The fourth-order valence-corrected chi connectivity index (χ4v) is 3.50. The summed E-state index contributed by atoms with van der Waals surface area (Å²) < 4.78 is 13.3. The first-order valence-electron chi connectivity index (χ1n) is 9.30. The van der Waals surface area contributed by atoms with Crippen molar-refractivity contribution < 1.29 is 14.6 Å². The van der Waals surface area contributed by atoms with Gasteiger partial charge in [-0.05, 0) is 71.1 Å². The normalized spacial score (nSPS) is 11.0. The van der Waals surface area contributed by atoms with Crippen LogP contribution in [0.2, 0.25) is 0 Å². The van der Waals surface area contributed by atoms with Crippen LogP contribution in [0.3, 0.4) is 0 Å². The van der Waals surface area contributed by atoms with Gasteiger partial charge >= 0.3 is 0 Å². The molecule has 7 nitrogen and oxygen atoms in total. The maximum Gasteiger partial charge on any atom is 0.212 e. The van der Waals surface area contributed by atoms with Crippen LogP contribution in [0.4, 0.5) is 0 Å². The van der Waals surface area contributed by atoms with Crippen molar-refractivity contribution in [1.29, 1.82) is 0 Å². The number of aryl methyl sites for hydroxylation is 1. The van der Waals surface area contributed by atoms with Crippen molar-refractivity contribution in [2.75, 3.05) is 26.1 Å². The lowest BCUT2D eigenvalue weighted by Crippen LogP contribution is -2.06. The highest BCUT2D eigenvalue weighted by Crippen LogP contribution is 2.27. The molecule has 0 amide bonds. The average molecular weight is 501 g/mol. The zero-order valence-electron chi connectivity index (χ0n) is 17.1. The molecule has 0 saturated carbocycles. The molecule has 9 heteroatoms. The molecule has 31 heavy (non-hydrogen) atoms. The number of halogens is 1. The number of nitrogens with zero attached hydrogens (tertiary/aromatic N) is 4. The van der Waals surface area contributed by atoms with Crippen molar-refractivity contribution >= 4 is 33.9 Å². The van der Waals surface area contributed by atoms with Gasteiger partial charge in [0.2, 0.25) is 5.16 Å². The Labute approximate surface area is 193 Å². The van der Waals surface area contributed by atoms with E-state index in [2.05, 4.69) is 37.1 Å². The summed E-state index contributed by atoms with van der Waals surface area (Å²) in [6.07, 6.45) is 8.76. The lowest BCUT2D eigenvalue weighted by Gasteiger charge is -2.08. The van der Waals surface area contributed by atoms with E-state index >= 15 is 0 Å². The Morgan fingerprint density at radius 2 is 2.03 bits per heavy atom. The van der Waals surface area contributed by atoms with Crippen LogP contribution in [0.25, 0.3) is 11.4 Å². The Balaban J connectivity index is 1.80. The molecule has 1 heterocycles. The summed E-state index contributed by atoms with van der Waals surface area (Å²) in [5.41, 5.74) is 2.44. The maximum absolute atomic E-state index is 9.84. The van der Waals surface area contributed by atoms with Crippen molar-refractivity contribution in [3.05, 3.63) is 52.0 Å². The van der Waals surface area contributed by atoms with Gasteiger partial charge in [-0.2, -0.15) is 9.78 Å². The Hall–Kier alpha value is -2.80. The molecule has 3 rings (SSSR count). The van der Waals surface area contributed by atoms with Gasteiger partial charge in [0, 0.05) is 15.6 Å². The molecular formula is C22H21BrN4O3S. The van der Waals surface area contributed by atoms with Gasteiger partial charge in [0.15, 0.2) is 5.82 Å². The molecule has 1 aromatic heterocycles. The largest absolute Gasteiger partial charge is 0.508 e. The van der Waals surface area contributed by atoms with Crippen molar-refractivity contribution in [3.63, 3.8) is 0 Å². The highest BCUT2D eigenvalue weighted by Gasteiger charge is 2.13. The van der Waals surface area contributed by atoms with Gasteiger partial charge in [-0.3, -0.25) is 0 Å². The number of thioether (sulfide) groups is 1. The van der Waals surface area contributed by atoms with E-state index in [0.29, 0.717) is 24.2 Å². The van der Waals surface area contributed by atoms with Crippen LogP contribution in [-0.2, 0) is 4.74 Å². The highest BCUT2D eigenvalue weighted by atomic mass is 79.9. The summed E-state index contributed by atoms with van der Waals surface area (Å²) in [7, 11) is 0. The first-order chi connectivity index (χ1) is 15.0. The second kappa shape index (κ2) is 11.0. The van der Waals surface area contributed by atoms with Crippen LogP contribution in [0.1, 0.15) is 11.1 Å². The summed E-state index contributed by atoms with van der Waals surface area (Å²) >= 11 is 4.91. The van der Waals surface area contributed by atoms with E-state index in [0.717, 1.165) is 26.9 Å². The number of aromatic hydroxyl groups is 1. The average Bonchev–Trinajstić information content (AvgIpc) is 3.18. The number of hydrogen-bond donors (Lipinski definition) is 1. The van der Waals surface area contributed by atoms with Gasteiger partial charge < -0.3 is 14.6 Å². The number of rotatable bonds is 9. The van der Waals surface area contributed by atoms with Crippen LogP contribution in [0, 0.1) is 19.3 Å². The number of phenolic OH excluding ortho intramolecular Hbond substituents is 1. The molecule has 160 valence electrons. The van der Waals surface area contributed by atoms with Gasteiger partial charge in [0.25, 0.3) is 0 Å².